The van der Waals surface area contributed by atoms with E-state index in [1.54, 1.807) is 24.1 Å². The Morgan fingerprint density at radius 2 is 1.95 bits per heavy atom. The number of benzene rings is 1. The van der Waals surface area contributed by atoms with Crippen molar-refractivity contribution in [2.75, 3.05) is 19.0 Å². The molecule has 2 rings (SSSR count). The molecule has 108 valence electrons. The van der Waals surface area contributed by atoms with Gasteiger partial charge in [-0.15, -0.1) is 0 Å². The van der Waals surface area contributed by atoms with Crippen LogP contribution < -0.4 is 5.32 Å². The molecule has 0 radical (unpaired) electrons. The fraction of sp³-hybridized carbons (Fsp3) is 0.308. The summed E-state index contributed by atoms with van der Waals surface area (Å²) in [5.74, 6) is -3.61. The van der Waals surface area contributed by atoms with Crippen LogP contribution in [0.4, 0.5) is 24.8 Å². The lowest BCUT2D eigenvalue weighted by molar-refractivity contribution is 0.163. The normalized spacial score (nSPS) is 12.4. The summed E-state index contributed by atoms with van der Waals surface area (Å²) in [5.41, 5.74) is 0.0819. The first-order valence-corrected chi connectivity index (χ1v) is 5.96. The maximum absolute atomic E-state index is 13.1. The van der Waals surface area contributed by atoms with E-state index in [0.29, 0.717) is 12.6 Å². The standard InChI is InChI=1S/C13H14F3N3O/c1-8(7-20-2)19-4-3-17-13(19)18-9-5-10(14)12(16)11(15)6-9/h3-6,8H,7H2,1-2H3,(H,17,18). The van der Waals surface area contributed by atoms with Gasteiger partial charge < -0.3 is 14.6 Å². The van der Waals surface area contributed by atoms with Crippen LogP contribution in [0, 0.1) is 17.5 Å². The third-order valence-electron chi connectivity index (χ3n) is 2.79. The van der Waals surface area contributed by atoms with E-state index in [-0.39, 0.29) is 11.7 Å². The van der Waals surface area contributed by atoms with Gasteiger partial charge in [0.05, 0.1) is 12.6 Å². The fourth-order valence-electron chi connectivity index (χ4n) is 1.84. The molecule has 0 aliphatic heterocycles. The summed E-state index contributed by atoms with van der Waals surface area (Å²) in [6.07, 6.45) is 3.26. The van der Waals surface area contributed by atoms with E-state index < -0.39 is 17.5 Å². The molecule has 0 spiro atoms. The number of methoxy groups -OCH3 is 1. The number of nitrogens with one attached hydrogen (secondary N) is 1. The van der Waals surface area contributed by atoms with Gasteiger partial charge in [-0.25, -0.2) is 18.2 Å². The van der Waals surface area contributed by atoms with Gasteiger partial charge in [-0.1, -0.05) is 0 Å². The Morgan fingerprint density at radius 1 is 1.30 bits per heavy atom. The number of halogens is 3. The van der Waals surface area contributed by atoms with E-state index in [2.05, 4.69) is 10.3 Å². The Bertz CT molecular complexity index is 577. The van der Waals surface area contributed by atoms with E-state index in [9.17, 15) is 13.2 Å². The molecule has 0 saturated heterocycles. The van der Waals surface area contributed by atoms with Crippen molar-refractivity contribution in [1.82, 2.24) is 9.55 Å². The molecule has 2 aromatic rings. The lowest BCUT2D eigenvalue weighted by Gasteiger charge is -2.16. The summed E-state index contributed by atoms with van der Waals surface area (Å²) < 4.78 is 46.0. The second kappa shape index (κ2) is 5.96. The second-order valence-corrected chi connectivity index (χ2v) is 4.34. The number of nitrogens with zero attached hydrogens (tertiary/aromatic N) is 2. The van der Waals surface area contributed by atoms with Crippen molar-refractivity contribution in [2.24, 2.45) is 0 Å². The molecule has 1 N–H and O–H groups in total. The van der Waals surface area contributed by atoms with Gasteiger partial charge in [-0.2, -0.15) is 0 Å². The number of hydrogen-bond acceptors (Lipinski definition) is 3. The van der Waals surface area contributed by atoms with Crippen molar-refractivity contribution >= 4 is 11.6 Å². The van der Waals surface area contributed by atoms with Crippen LogP contribution in [-0.2, 0) is 4.74 Å². The lowest BCUT2D eigenvalue weighted by atomic mass is 10.3. The van der Waals surface area contributed by atoms with Crippen LogP contribution in [0.15, 0.2) is 24.5 Å². The number of ether oxygens (including phenoxy) is 1. The number of anilines is 2. The zero-order valence-electron chi connectivity index (χ0n) is 11.0. The molecular weight excluding hydrogens is 271 g/mol. The van der Waals surface area contributed by atoms with Gasteiger partial charge in [0.2, 0.25) is 5.95 Å². The zero-order valence-corrected chi connectivity index (χ0v) is 11.0. The van der Waals surface area contributed by atoms with Gasteiger partial charge in [-0.3, -0.25) is 0 Å². The summed E-state index contributed by atoms with van der Waals surface area (Å²) in [6, 6.07) is 1.73. The molecule has 20 heavy (non-hydrogen) atoms. The van der Waals surface area contributed by atoms with Crippen LogP contribution in [0.25, 0.3) is 0 Å². The topological polar surface area (TPSA) is 39.1 Å². The number of aromatic nitrogens is 2. The molecule has 1 atom stereocenters. The molecular formula is C13H14F3N3O. The quantitative estimate of drug-likeness (QED) is 0.857. The Hall–Kier alpha value is -2.02. The highest BCUT2D eigenvalue weighted by atomic mass is 19.2. The predicted molar refractivity (Wildman–Crippen MR) is 68.4 cm³/mol. The number of imidazole rings is 1. The van der Waals surface area contributed by atoms with Crippen LogP contribution in [0.1, 0.15) is 13.0 Å². The summed E-state index contributed by atoms with van der Waals surface area (Å²) in [6.45, 7) is 2.36. The fourth-order valence-corrected chi connectivity index (χ4v) is 1.84. The molecule has 0 amide bonds. The van der Waals surface area contributed by atoms with Crippen molar-refractivity contribution in [2.45, 2.75) is 13.0 Å². The first kappa shape index (κ1) is 14.4. The second-order valence-electron chi connectivity index (χ2n) is 4.34. The van der Waals surface area contributed by atoms with Gasteiger partial charge in [-0.05, 0) is 6.92 Å². The minimum absolute atomic E-state index is 0.0138. The van der Waals surface area contributed by atoms with Crippen LogP contribution >= 0.6 is 0 Å². The minimum Gasteiger partial charge on any atom is -0.383 e. The first-order valence-electron chi connectivity index (χ1n) is 5.96. The maximum atomic E-state index is 13.1. The molecule has 0 bridgehead atoms. The van der Waals surface area contributed by atoms with Crippen molar-refractivity contribution in [3.05, 3.63) is 42.0 Å². The van der Waals surface area contributed by atoms with Crippen molar-refractivity contribution < 1.29 is 17.9 Å². The van der Waals surface area contributed by atoms with Gasteiger partial charge in [0, 0.05) is 37.3 Å². The monoisotopic (exact) mass is 285 g/mol. The number of hydrogen-bond donors (Lipinski definition) is 1. The van der Waals surface area contributed by atoms with Crippen molar-refractivity contribution in [3.8, 4) is 0 Å². The highest BCUT2D eigenvalue weighted by Gasteiger charge is 2.13. The molecule has 0 aliphatic carbocycles. The molecule has 4 nitrogen and oxygen atoms in total. The van der Waals surface area contributed by atoms with Crippen LogP contribution in [0.3, 0.4) is 0 Å². The van der Waals surface area contributed by atoms with Crippen LogP contribution in [-0.4, -0.2) is 23.3 Å². The summed E-state index contributed by atoms with van der Waals surface area (Å²) in [7, 11) is 1.57. The number of rotatable bonds is 5. The van der Waals surface area contributed by atoms with Crippen molar-refractivity contribution in [1.29, 1.82) is 0 Å². The van der Waals surface area contributed by atoms with Crippen LogP contribution in [0.5, 0.6) is 0 Å². The largest absolute Gasteiger partial charge is 0.383 e. The molecule has 1 unspecified atom stereocenters. The first-order chi connectivity index (χ1) is 9.52. The summed E-state index contributed by atoms with van der Waals surface area (Å²) in [4.78, 5) is 4.05. The van der Waals surface area contributed by atoms with E-state index >= 15 is 0 Å². The average molecular weight is 285 g/mol. The van der Waals surface area contributed by atoms with Gasteiger partial charge in [0.1, 0.15) is 0 Å². The highest BCUT2D eigenvalue weighted by Crippen LogP contribution is 2.22. The summed E-state index contributed by atoms with van der Waals surface area (Å²) >= 11 is 0. The third kappa shape index (κ3) is 2.93. The van der Waals surface area contributed by atoms with Gasteiger partial charge in [0.25, 0.3) is 0 Å². The lowest BCUT2D eigenvalue weighted by Crippen LogP contribution is -2.13. The highest BCUT2D eigenvalue weighted by molar-refractivity contribution is 5.54. The molecule has 0 saturated carbocycles. The van der Waals surface area contributed by atoms with E-state index in [4.69, 9.17) is 4.74 Å². The van der Waals surface area contributed by atoms with E-state index in [0.717, 1.165) is 12.1 Å². The van der Waals surface area contributed by atoms with Gasteiger partial charge in [0.15, 0.2) is 17.5 Å². The molecule has 0 aliphatic rings. The molecule has 1 heterocycles. The van der Waals surface area contributed by atoms with E-state index in [1.807, 2.05) is 6.92 Å². The SMILES string of the molecule is COCC(C)n1ccnc1Nc1cc(F)c(F)c(F)c1. The summed E-state index contributed by atoms with van der Waals surface area (Å²) in [5, 5.41) is 2.75. The predicted octanol–water partition coefficient (Wildman–Crippen LogP) is 3.25. The molecule has 1 aromatic heterocycles. The molecule has 1 aromatic carbocycles. The Kier molecular flexibility index (Phi) is 4.29. The molecule has 0 fully saturated rings. The maximum Gasteiger partial charge on any atom is 0.207 e. The average Bonchev–Trinajstić information content (AvgIpc) is 2.84. The van der Waals surface area contributed by atoms with Crippen LogP contribution in [0.2, 0.25) is 0 Å². The Labute approximate surface area is 114 Å². The third-order valence-corrected chi connectivity index (χ3v) is 2.79. The van der Waals surface area contributed by atoms with E-state index in [1.165, 1.54) is 0 Å². The molecule has 7 heteroatoms. The minimum atomic E-state index is -1.49. The zero-order chi connectivity index (χ0) is 14.7. The Morgan fingerprint density at radius 3 is 2.55 bits per heavy atom. The smallest absolute Gasteiger partial charge is 0.207 e. The van der Waals surface area contributed by atoms with Gasteiger partial charge >= 0.3 is 0 Å². The van der Waals surface area contributed by atoms with Crippen molar-refractivity contribution in [3.63, 3.8) is 0 Å². The Balaban J connectivity index is 2.25.